The van der Waals surface area contributed by atoms with Gasteiger partial charge in [-0.2, -0.15) is 13.2 Å². The van der Waals surface area contributed by atoms with Crippen LogP contribution in [0.5, 0.6) is 0 Å². The Morgan fingerprint density at radius 3 is 2.28 bits per heavy atom. The van der Waals surface area contributed by atoms with E-state index in [0.29, 0.717) is 6.04 Å². The maximum atomic E-state index is 12.3. The van der Waals surface area contributed by atoms with E-state index in [-0.39, 0.29) is 11.3 Å². The zero-order valence-corrected chi connectivity index (χ0v) is 18.9. The molecule has 3 heterocycles. The summed E-state index contributed by atoms with van der Waals surface area (Å²) in [6, 6.07) is 15.6. The highest BCUT2D eigenvalue weighted by Gasteiger charge is 2.51. The van der Waals surface area contributed by atoms with Crippen molar-refractivity contribution in [2.75, 3.05) is 19.6 Å². The highest BCUT2D eigenvalue weighted by molar-refractivity contribution is 7.11. The number of likely N-dealkylation sites (tertiary alicyclic amines) is 2. The normalized spacial score (nSPS) is 23.3. The molecule has 2 saturated heterocycles. The van der Waals surface area contributed by atoms with Gasteiger partial charge in [-0.25, -0.2) is 4.79 Å². The van der Waals surface area contributed by atoms with Crippen molar-refractivity contribution in [1.82, 2.24) is 9.80 Å². The van der Waals surface area contributed by atoms with Crippen molar-refractivity contribution in [2.45, 2.75) is 50.9 Å². The molecule has 174 valence electrons. The maximum absolute atomic E-state index is 12.3. The minimum atomic E-state index is -5.08. The van der Waals surface area contributed by atoms with Gasteiger partial charge in [-0.05, 0) is 44.0 Å². The number of benzene rings is 1. The van der Waals surface area contributed by atoms with Crippen LogP contribution in [-0.4, -0.2) is 58.6 Å². The number of aliphatic carboxylic acids is 1. The van der Waals surface area contributed by atoms with Crippen LogP contribution in [0, 0.1) is 6.92 Å². The first-order valence-electron chi connectivity index (χ1n) is 10.4. The molecule has 2 unspecified atom stereocenters. The quantitative estimate of drug-likeness (QED) is 0.723. The van der Waals surface area contributed by atoms with E-state index in [2.05, 4.69) is 59.2 Å². The Morgan fingerprint density at radius 1 is 1.12 bits per heavy atom. The van der Waals surface area contributed by atoms with Gasteiger partial charge in [-0.15, -0.1) is 11.3 Å². The molecule has 0 aliphatic carbocycles. The maximum Gasteiger partial charge on any atom is 0.490 e. The summed E-state index contributed by atoms with van der Waals surface area (Å²) in [5.41, 5.74) is 1.55. The van der Waals surface area contributed by atoms with Gasteiger partial charge in [-0.1, -0.05) is 30.3 Å². The van der Waals surface area contributed by atoms with Crippen LogP contribution in [0.1, 0.15) is 35.1 Å². The van der Waals surface area contributed by atoms with Gasteiger partial charge in [-0.3, -0.25) is 9.69 Å². The van der Waals surface area contributed by atoms with Crippen LogP contribution in [0.3, 0.4) is 0 Å². The molecule has 2 aliphatic rings. The van der Waals surface area contributed by atoms with Gasteiger partial charge in [0, 0.05) is 41.7 Å². The number of carboxylic acids is 1. The summed E-state index contributed by atoms with van der Waals surface area (Å²) in [7, 11) is 0. The van der Waals surface area contributed by atoms with Gasteiger partial charge in [0.1, 0.15) is 0 Å². The number of piperidine rings is 1. The first-order chi connectivity index (χ1) is 15.0. The van der Waals surface area contributed by atoms with E-state index in [4.69, 9.17) is 9.90 Å². The van der Waals surface area contributed by atoms with Crippen molar-refractivity contribution < 1.29 is 27.9 Å². The first-order valence-corrected chi connectivity index (χ1v) is 11.2. The highest BCUT2D eigenvalue weighted by Crippen LogP contribution is 2.46. The summed E-state index contributed by atoms with van der Waals surface area (Å²) < 4.78 is 31.7. The van der Waals surface area contributed by atoms with Crippen LogP contribution in [-0.2, 0) is 21.5 Å². The minimum Gasteiger partial charge on any atom is -0.475 e. The molecule has 0 bridgehead atoms. The summed E-state index contributed by atoms with van der Waals surface area (Å²) in [6.45, 7) is 7.87. The number of carbonyl (C=O) groups is 2. The number of carbonyl (C=O) groups excluding carboxylic acids is 1. The largest absolute Gasteiger partial charge is 0.490 e. The zero-order valence-electron chi connectivity index (χ0n) is 18.1. The predicted octanol–water partition coefficient (Wildman–Crippen LogP) is 4.45. The number of carboxylic acid groups (broad SMARTS) is 1. The topological polar surface area (TPSA) is 60.9 Å². The molecule has 32 heavy (non-hydrogen) atoms. The Balaban J connectivity index is 0.000000360. The number of nitrogens with zero attached hydrogens (tertiary/aromatic N) is 2. The molecule has 1 aromatic carbocycles. The average Bonchev–Trinajstić information content (AvgIpc) is 3.32. The Labute approximate surface area is 189 Å². The van der Waals surface area contributed by atoms with Gasteiger partial charge >= 0.3 is 12.1 Å². The Hall–Kier alpha value is -2.39. The molecule has 1 N–H and O–H groups in total. The Kier molecular flexibility index (Phi) is 7.29. The van der Waals surface area contributed by atoms with E-state index in [1.807, 2.05) is 11.3 Å². The fourth-order valence-electron chi connectivity index (χ4n) is 4.76. The monoisotopic (exact) mass is 468 g/mol. The van der Waals surface area contributed by atoms with Crippen LogP contribution < -0.4 is 0 Å². The summed E-state index contributed by atoms with van der Waals surface area (Å²) in [5, 5.41) is 7.12. The van der Waals surface area contributed by atoms with E-state index >= 15 is 0 Å². The molecule has 9 heteroatoms. The number of hydrogen-bond donors (Lipinski definition) is 1. The molecular weight excluding hydrogens is 441 g/mol. The molecule has 4 rings (SSSR count). The van der Waals surface area contributed by atoms with Crippen molar-refractivity contribution in [1.29, 1.82) is 0 Å². The average molecular weight is 469 g/mol. The third kappa shape index (κ3) is 5.32. The number of thiophene rings is 1. The van der Waals surface area contributed by atoms with E-state index in [0.717, 1.165) is 39.0 Å². The predicted molar refractivity (Wildman–Crippen MR) is 117 cm³/mol. The van der Waals surface area contributed by atoms with Gasteiger partial charge in [0.25, 0.3) is 0 Å². The van der Waals surface area contributed by atoms with E-state index in [9.17, 15) is 18.0 Å². The molecule has 0 saturated carbocycles. The van der Waals surface area contributed by atoms with Crippen molar-refractivity contribution in [3.8, 4) is 0 Å². The van der Waals surface area contributed by atoms with Gasteiger partial charge < -0.3 is 10.0 Å². The first kappa shape index (κ1) is 24.3. The second kappa shape index (κ2) is 9.62. The molecule has 2 aliphatic heterocycles. The molecule has 2 aromatic rings. The van der Waals surface area contributed by atoms with Crippen LogP contribution in [0.4, 0.5) is 13.2 Å². The van der Waals surface area contributed by atoms with E-state index in [1.54, 1.807) is 6.92 Å². The van der Waals surface area contributed by atoms with Crippen molar-refractivity contribution in [3.63, 3.8) is 0 Å². The molecule has 0 spiro atoms. The standard InChI is InChI=1S/C21H26N2OS.C2HF3O2/c1-16-8-9-19(25-16)14-22-12-10-21(18-6-4-3-5-7-18)11-13-23(17(2)24)20(21)15-22;3-2(4,5)1(6)7/h3-9,20H,10-15H2,1-2H3;(H,6,7). The molecule has 2 atom stereocenters. The third-order valence-corrected chi connectivity index (χ3v) is 7.27. The molecule has 1 amide bonds. The van der Waals surface area contributed by atoms with E-state index in [1.165, 1.54) is 15.3 Å². The van der Waals surface area contributed by atoms with Crippen molar-refractivity contribution >= 4 is 23.2 Å². The van der Waals surface area contributed by atoms with Gasteiger partial charge in [0.05, 0.1) is 6.04 Å². The smallest absolute Gasteiger partial charge is 0.475 e. The zero-order chi connectivity index (χ0) is 23.5. The SMILES string of the molecule is CC(=O)N1CCC2(c3ccccc3)CCN(Cc3ccc(C)s3)CC12.O=C(O)C(F)(F)F. The molecule has 1 aromatic heterocycles. The van der Waals surface area contributed by atoms with Crippen LogP contribution in [0.2, 0.25) is 0 Å². The highest BCUT2D eigenvalue weighted by atomic mass is 32.1. The molecule has 2 fully saturated rings. The van der Waals surface area contributed by atoms with Gasteiger partial charge in [0.15, 0.2) is 0 Å². The number of aryl methyl sites for hydroxylation is 1. The van der Waals surface area contributed by atoms with Crippen LogP contribution >= 0.6 is 11.3 Å². The summed E-state index contributed by atoms with van der Waals surface area (Å²) in [6.07, 6.45) is -2.86. The molecule has 5 nitrogen and oxygen atoms in total. The number of rotatable bonds is 3. The lowest BCUT2D eigenvalue weighted by Crippen LogP contribution is -2.56. The number of hydrogen-bond acceptors (Lipinski definition) is 4. The Bertz CT molecular complexity index is 947. The minimum absolute atomic E-state index is 0.134. The van der Waals surface area contributed by atoms with Crippen LogP contribution in [0.15, 0.2) is 42.5 Å². The lowest BCUT2D eigenvalue weighted by atomic mass is 9.69. The number of amides is 1. The second-order valence-corrected chi connectivity index (χ2v) is 9.67. The number of fused-ring (bicyclic) bond motifs is 1. The lowest BCUT2D eigenvalue weighted by Gasteiger charge is -2.46. The Morgan fingerprint density at radius 2 is 1.75 bits per heavy atom. The van der Waals surface area contributed by atoms with E-state index < -0.39 is 12.1 Å². The lowest BCUT2D eigenvalue weighted by molar-refractivity contribution is -0.192. The fraction of sp³-hybridized carbons (Fsp3) is 0.478. The van der Waals surface area contributed by atoms with Crippen molar-refractivity contribution in [3.05, 3.63) is 57.8 Å². The molecular formula is C23H27F3N2O3S. The summed E-state index contributed by atoms with van der Waals surface area (Å²) in [5.74, 6) is -2.54. The van der Waals surface area contributed by atoms with Gasteiger partial charge in [0.2, 0.25) is 5.91 Å². The van der Waals surface area contributed by atoms with Crippen molar-refractivity contribution in [2.24, 2.45) is 0 Å². The summed E-state index contributed by atoms with van der Waals surface area (Å²) in [4.78, 5) is 28.6. The van der Waals surface area contributed by atoms with Crippen LogP contribution in [0.25, 0.3) is 0 Å². The fourth-order valence-corrected chi connectivity index (χ4v) is 5.69. The molecule has 0 radical (unpaired) electrons. The summed E-state index contributed by atoms with van der Waals surface area (Å²) >= 11 is 1.89. The third-order valence-electron chi connectivity index (χ3n) is 6.29. The number of alkyl halides is 3. The second-order valence-electron chi connectivity index (χ2n) is 8.30. The number of halogens is 3.